The topological polar surface area (TPSA) is 51.2 Å². The Balaban J connectivity index is 0.000000456. The van der Waals surface area contributed by atoms with Gasteiger partial charge in [-0.3, -0.25) is 4.90 Å². The molecule has 1 atom stereocenters. The zero-order valence-corrected chi connectivity index (χ0v) is 16.2. The van der Waals surface area contributed by atoms with E-state index in [1.807, 2.05) is 54.8 Å². The maximum absolute atomic E-state index is 12.0. The molecule has 14 heteroatoms. The van der Waals surface area contributed by atoms with Gasteiger partial charge in [-0.15, -0.1) is 4.85 Å². The van der Waals surface area contributed by atoms with Crippen molar-refractivity contribution in [1.82, 2.24) is 19.7 Å². The monoisotopic (exact) mass is 438 g/mol. The maximum atomic E-state index is 12.0. The number of hydrogen-bond donors (Lipinski definition) is 0. The number of aromatic nitrogens is 3. The standard InChI is InChI=1S/C13H19N5OS.F5P.FH/c1-15(2)13(16-7-9-20-10-8-16)17-11-5-3-4-6-12(11)18(19)14-17;1-6(2,3,4)5;/h3-6,13H,7-10H2,1-2H3;;1H/p-1. The van der Waals surface area contributed by atoms with Crippen LogP contribution >= 0.6 is 19.9 Å². The first kappa shape index (κ1) is 23.7. The smallest absolute Gasteiger partial charge is 1.00 e. The van der Waals surface area contributed by atoms with Gasteiger partial charge in [0.05, 0.1) is 5.21 Å². The van der Waals surface area contributed by atoms with Gasteiger partial charge in [0.15, 0.2) is 0 Å². The van der Waals surface area contributed by atoms with E-state index in [-0.39, 0.29) is 11.0 Å². The van der Waals surface area contributed by atoms with Crippen LogP contribution in [-0.2, 0) is 0 Å². The quantitative estimate of drug-likeness (QED) is 0.306. The maximum Gasteiger partial charge on any atom is -1.00 e. The fourth-order valence-electron chi connectivity index (χ4n) is 2.68. The second-order valence-corrected chi connectivity index (χ2v) is 8.30. The van der Waals surface area contributed by atoms with E-state index in [4.69, 9.17) is 0 Å². The number of fused-ring (bicyclic) bond motifs is 1. The molecule has 0 aliphatic carbocycles. The fourth-order valence-corrected chi connectivity index (χ4v) is 3.61. The van der Waals surface area contributed by atoms with Gasteiger partial charge >= 0.3 is 29.1 Å². The summed E-state index contributed by atoms with van der Waals surface area (Å²) in [4.78, 5) is 5.19. The van der Waals surface area contributed by atoms with Gasteiger partial charge in [0.25, 0.3) is 0 Å². The molecule has 27 heavy (non-hydrogen) atoms. The van der Waals surface area contributed by atoms with Crippen molar-refractivity contribution in [3.8, 4) is 0 Å². The minimum atomic E-state index is -8.55. The van der Waals surface area contributed by atoms with Crippen LogP contribution in [0.25, 0.3) is 11.0 Å². The molecule has 0 spiro atoms. The van der Waals surface area contributed by atoms with Crippen LogP contribution in [0.2, 0.25) is 0 Å². The predicted octanol–water partition coefficient (Wildman–Crippen LogP) is 0.702. The van der Waals surface area contributed by atoms with Gasteiger partial charge in [0, 0.05) is 24.6 Å². The average Bonchev–Trinajstić information content (AvgIpc) is 2.83. The summed E-state index contributed by atoms with van der Waals surface area (Å²) in [6.07, 6.45) is -0.0176. The number of para-hydroxylation sites is 2. The Hall–Kier alpha value is -1.30. The van der Waals surface area contributed by atoms with Crippen LogP contribution in [0.3, 0.4) is 0 Å². The molecule has 1 aliphatic heterocycles. The third-order valence-electron chi connectivity index (χ3n) is 3.57. The Labute approximate surface area is 156 Å². The van der Waals surface area contributed by atoms with Crippen LogP contribution in [0.15, 0.2) is 24.3 Å². The van der Waals surface area contributed by atoms with Crippen LogP contribution in [0.5, 0.6) is 0 Å². The van der Waals surface area contributed by atoms with Crippen molar-refractivity contribution in [3.63, 3.8) is 0 Å². The molecule has 156 valence electrons. The molecule has 3 rings (SSSR count). The molecule has 1 unspecified atom stereocenters. The number of hydrogen-bond acceptors (Lipinski definition) is 5. The van der Waals surface area contributed by atoms with Crippen molar-refractivity contribution in [1.29, 1.82) is 0 Å². The normalized spacial score (nSPS) is 18.1. The van der Waals surface area contributed by atoms with Gasteiger partial charge < -0.3 is 9.91 Å². The van der Waals surface area contributed by atoms with E-state index < -0.39 is 8.16 Å². The Bertz CT molecular complexity index is 733. The zero-order valence-electron chi connectivity index (χ0n) is 14.5. The minimum absolute atomic E-state index is 0. The number of benzene rings is 1. The Kier molecular flexibility index (Phi) is 7.74. The first-order valence-corrected chi connectivity index (χ1v) is 10.4. The van der Waals surface area contributed by atoms with E-state index in [2.05, 4.69) is 15.0 Å². The summed E-state index contributed by atoms with van der Waals surface area (Å²) in [5.41, 5.74) is 1.49. The second kappa shape index (κ2) is 8.80. The van der Waals surface area contributed by atoms with Crippen LogP contribution in [0, 0.1) is 5.21 Å². The van der Waals surface area contributed by atoms with Gasteiger partial charge in [-0.1, -0.05) is 16.8 Å². The summed E-state index contributed by atoms with van der Waals surface area (Å²) in [6, 6.07) is 7.57. The number of nitrogens with zero attached hydrogens (tertiary/aromatic N) is 5. The Morgan fingerprint density at radius 3 is 2.19 bits per heavy atom. The molecule has 1 fully saturated rings. The van der Waals surface area contributed by atoms with E-state index in [9.17, 15) is 26.2 Å². The largest absolute Gasteiger partial charge is 1.00 e. The summed E-state index contributed by atoms with van der Waals surface area (Å²) in [5, 5.41) is 16.1. The molecule has 6 nitrogen and oxygen atoms in total. The summed E-state index contributed by atoms with van der Waals surface area (Å²) in [7, 11) is -4.50. The van der Waals surface area contributed by atoms with Crippen LogP contribution in [0.4, 0.5) is 21.0 Å². The molecule has 1 saturated heterocycles. The van der Waals surface area contributed by atoms with E-state index >= 15 is 0 Å². The first-order chi connectivity index (χ1) is 11.9. The van der Waals surface area contributed by atoms with Crippen molar-refractivity contribution in [2.75, 3.05) is 38.7 Å². The SMILES string of the molecule is CN(C)C(N1CCSCC1)n1n[n+]([O-])c2ccccc21.FP(F)(F)(F)F.[F-]. The van der Waals surface area contributed by atoms with Gasteiger partial charge in [-0.05, 0) is 26.2 Å². The molecule has 0 radical (unpaired) electrons. The van der Waals surface area contributed by atoms with E-state index in [1.165, 1.54) is 0 Å². The average molecular weight is 438 g/mol. The molecule has 2 aromatic rings. The van der Waals surface area contributed by atoms with E-state index in [0.29, 0.717) is 10.4 Å². The van der Waals surface area contributed by atoms with Crippen molar-refractivity contribution in [2.45, 2.75) is 6.29 Å². The second-order valence-electron chi connectivity index (χ2n) is 5.79. The third kappa shape index (κ3) is 7.32. The van der Waals surface area contributed by atoms with Crippen molar-refractivity contribution < 1.29 is 30.5 Å². The molecule has 1 aromatic heterocycles. The number of rotatable bonds is 3. The number of halogens is 6. The van der Waals surface area contributed by atoms with E-state index in [0.717, 1.165) is 30.1 Å². The van der Waals surface area contributed by atoms with Gasteiger partial charge in [0.2, 0.25) is 17.3 Å². The Morgan fingerprint density at radius 1 is 1.15 bits per heavy atom. The fraction of sp³-hybridized carbons (Fsp3) is 0.538. The van der Waals surface area contributed by atoms with Crippen molar-refractivity contribution >= 4 is 31.0 Å². The predicted molar refractivity (Wildman–Crippen MR) is 92.8 cm³/mol. The van der Waals surface area contributed by atoms with Crippen LogP contribution in [0.1, 0.15) is 6.29 Å². The van der Waals surface area contributed by atoms with Crippen molar-refractivity contribution in [2.24, 2.45) is 0 Å². The Morgan fingerprint density at radius 2 is 1.67 bits per heavy atom. The van der Waals surface area contributed by atoms with Crippen LogP contribution in [-0.4, -0.2) is 58.4 Å². The van der Waals surface area contributed by atoms with Crippen molar-refractivity contribution in [3.05, 3.63) is 29.5 Å². The third-order valence-corrected chi connectivity index (χ3v) is 4.51. The molecule has 0 saturated carbocycles. The summed E-state index contributed by atoms with van der Waals surface area (Å²) >= 11 is 1.98. The van der Waals surface area contributed by atoms with E-state index in [1.54, 1.807) is 0 Å². The molecule has 0 bridgehead atoms. The molecule has 0 N–H and O–H groups in total. The minimum Gasteiger partial charge on any atom is -1.00 e. The molecular weight excluding hydrogens is 419 g/mol. The molecule has 1 aliphatic rings. The van der Waals surface area contributed by atoms with Gasteiger partial charge in [0.1, 0.15) is 0 Å². The number of thioether (sulfide) groups is 1. The molecule has 2 heterocycles. The summed E-state index contributed by atoms with van der Waals surface area (Å²) in [5.74, 6) is 2.25. The van der Waals surface area contributed by atoms with Crippen LogP contribution < -0.4 is 9.55 Å². The molecule has 1 aromatic carbocycles. The summed E-state index contributed by atoms with van der Waals surface area (Å²) < 4.78 is 51.0. The van der Waals surface area contributed by atoms with Gasteiger partial charge in [-0.25, -0.2) is 4.90 Å². The van der Waals surface area contributed by atoms with Gasteiger partial charge in [-0.2, -0.15) is 11.8 Å². The zero-order chi connectivity index (χ0) is 19.6. The molecule has 0 amide bonds. The molecular formula is C13H19F6N5OPS-. The summed E-state index contributed by atoms with van der Waals surface area (Å²) in [6.45, 7) is 2.03. The first-order valence-electron chi connectivity index (χ1n) is 7.58.